The second-order valence-corrected chi connectivity index (χ2v) is 3.43. The fourth-order valence-corrected chi connectivity index (χ4v) is 1.38. The molecule has 82 valence electrons. The summed E-state index contributed by atoms with van der Waals surface area (Å²) in [7, 11) is 0. The zero-order valence-electron chi connectivity index (χ0n) is 8.88. The van der Waals surface area contributed by atoms with Gasteiger partial charge < -0.3 is 9.73 Å². The van der Waals surface area contributed by atoms with Crippen LogP contribution in [0.1, 0.15) is 29.2 Å². The van der Waals surface area contributed by atoms with Crippen molar-refractivity contribution in [1.29, 1.82) is 0 Å². The molecule has 0 bridgehead atoms. The molecule has 0 fully saturated rings. The molecule has 0 aliphatic carbocycles. The van der Waals surface area contributed by atoms with Crippen molar-refractivity contribution in [2.75, 3.05) is 0 Å². The van der Waals surface area contributed by atoms with Gasteiger partial charge in [0.05, 0.1) is 12.3 Å². The minimum absolute atomic E-state index is 0.162. The molecule has 1 N–H and O–H groups in total. The van der Waals surface area contributed by atoms with E-state index in [1.807, 2.05) is 13.0 Å². The molecule has 2 heterocycles. The van der Waals surface area contributed by atoms with Crippen LogP contribution in [0, 0.1) is 0 Å². The number of carbonyl (C=O) groups excluding carboxylic acids is 1. The van der Waals surface area contributed by atoms with Gasteiger partial charge in [-0.2, -0.15) is 0 Å². The van der Waals surface area contributed by atoms with Crippen LogP contribution in [0.5, 0.6) is 0 Å². The van der Waals surface area contributed by atoms with Crippen LogP contribution < -0.4 is 5.32 Å². The number of furan rings is 1. The van der Waals surface area contributed by atoms with Gasteiger partial charge in [0.25, 0.3) is 5.91 Å². The minimum Gasteiger partial charge on any atom is -0.467 e. The number of hydrogen-bond acceptors (Lipinski definition) is 3. The first-order chi connectivity index (χ1) is 7.77. The predicted molar refractivity (Wildman–Crippen MR) is 58.8 cm³/mol. The van der Waals surface area contributed by atoms with Gasteiger partial charge in [0, 0.05) is 6.20 Å². The maximum Gasteiger partial charge on any atom is 0.270 e. The molecule has 0 saturated heterocycles. The van der Waals surface area contributed by atoms with Gasteiger partial charge in [0.2, 0.25) is 0 Å². The monoisotopic (exact) mass is 216 g/mol. The Bertz CT molecular complexity index is 451. The number of hydrogen-bond donors (Lipinski definition) is 1. The summed E-state index contributed by atoms with van der Waals surface area (Å²) in [6.45, 7) is 1.86. The van der Waals surface area contributed by atoms with Crippen LogP contribution in [0.2, 0.25) is 0 Å². The topological polar surface area (TPSA) is 55.1 Å². The molecule has 1 amide bonds. The maximum absolute atomic E-state index is 11.7. The number of nitrogens with one attached hydrogen (secondary N) is 1. The highest BCUT2D eigenvalue weighted by Crippen LogP contribution is 2.12. The van der Waals surface area contributed by atoms with Crippen molar-refractivity contribution in [3.05, 3.63) is 54.2 Å². The van der Waals surface area contributed by atoms with Crippen LogP contribution in [0.15, 0.2) is 47.2 Å². The predicted octanol–water partition coefficient (Wildman–Crippen LogP) is 2.17. The molecule has 1 unspecified atom stereocenters. The Hall–Kier alpha value is -2.10. The zero-order chi connectivity index (χ0) is 11.4. The van der Waals surface area contributed by atoms with Crippen molar-refractivity contribution < 1.29 is 9.21 Å². The third kappa shape index (κ3) is 2.28. The second kappa shape index (κ2) is 4.61. The first-order valence-corrected chi connectivity index (χ1v) is 5.02. The molecule has 2 aromatic rings. The number of carbonyl (C=O) groups is 1. The molecule has 0 aliphatic heterocycles. The van der Waals surface area contributed by atoms with E-state index < -0.39 is 0 Å². The summed E-state index contributed by atoms with van der Waals surface area (Å²) in [5.74, 6) is 0.522. The molecular weight excluding hydrogens is 204 g/mol. The Morgan fingerprint density at radius 1 is 1.38 bits per heavy atom. The van der Waals surface area contributed by atoms with Crippen LogP contribution >= 0.6 is 0 Å². The van der Waals surface area contributed by atoms with Gasteiger partial charge in [-0.15, -0.1) is 0 Å². The Labute approximate surface area is 93.3 Å². The summed E-state index contributed by atoms with van der Waals surface area (Å²) in [5.41, 5.74) is 0.404. The lowest BCUT2D eigenvalue weighted by Gasteiger charge is -2.10. The van der Waals surface area contributed by atoms with Gasteiger partial charge in [-0.3, -0.25) is 9.78 Å². The van der Waals surface area contributed by atoms with Crippen LogP contribution in [0.25, 0.3) is 0 Å². The molecule has 4 nitrogen and oxygen atoms in total. The molecule has 4 heteroatoms. The molecule has 0 radical (unpaired) electrons. The molecular formula is C12H12N2O2. The van der Waals surface area contributed by atoms with Crippen LogP contribution in [-0.2, 0) is 0 Å². The highest BCUT2D eigenvalue weighted by Gasteiger charge is 2.13. The molecule has 0 spiro atoms. The highest BCUT2D eigenvalue weighted by atomic mass is 16.3. The van der Waals surface area contributed by atoms with E-state index >= 15 is 0 Å². The van der Waals surface area contributed by atoms with Crippen molar-refractivity contribution in [3.63, 3.8) is 0 Å². The van der Waals surface area contributed by atoms with Gasteiger partial charge in [-0.25, -0.2) is 0 Å². The van der Waals surface area contributed by atoms with E-state index in [1.54, 1.807) is 36.7 Å². The van der Waals surface area contributed by atoms with Crippen molar-refractivity contribution in [1.82, 2.24) is 10.3 Å². The first kappa shape index (κ1) is 10.4. The van der Waals surface area contributed by atoms with Gasteiger partial charge >= 0.3 is 0 Å². The van der Waals surface area contributed by atoms with Gasteiger partial charge in [-0.05, 0) is 31.2 Å². The molecule has 2 rings (SSSR count). The Balaban J connectivity index is 2.03. The lowest BCUT2D eigenvalue weighted by molar-refractivity contribution is 0.0930. The second-order valence-electron chi connectivity index (χ2n) is 3.43. The summed E-state index contributed by atoms with van der Waals surface area (Å²) < 4.78 is 5.20. The van der Waals surface area contributed by atoms with Crippen molar-refractivity contribution >= 4 is 5.91 Å². The zero-order valence-corrected chi connectivity index (χ0v) is 8.88. The molecule has 0 aromatic carbocycles. The number of rotatable bonds is 3. The summed E-state index contributed by atoms with van der Waals surface area (Å²) in [6, 6.07) is 8.67. The number of pyridine rings is 1. The normalized spacial score (nSPS) is 12.1. The lowest BCUT2D eigenvalue weighted by Crippen LogP contribution is -2.27. The minimum atomic E-state index is -0.204. The third-order valence-electron chi connectivity index (χ3n) is 2.22. The summed E-state index contributed by atoms with van der Waals surface area (Å²) >= 11 is 0. The highest BCUT2D eigenvalue weighted by molar-refractivity contribution is 5.92. The fourth-order valence-electron chi connectivity index (χ4n) is 1.38. The van der Waals surface area contributed by atoms with Crippen molar-refractivity contribution in [2.45, 2.75) is 13.0 Å². The van der Waals surface area contributed by atoms with E-state index in [2.05, 4.69) is 10.3 Å². The molecule has 1 atom stereocenters. The van der Waals surface area contributed by atoms with Crippen molar-refractivity contribution in [2.24, 2.45) is 0 Å². The average molecular weight is 216 g/mol. The Morgan fingerprint density at radius 3 is 2.88 bits per heavy atom. The fraction of sp³-hybridized carbons (Fsp3) is 0.167. The van der Waals surface area contributed by atoms with E-state index in [-0.39, 0.29) is 11.9 Å². The first-order valence-electron chi connectivity index (χ1n) is 5.02. The molecule has 0 aliphatic rings. The van der Waals surface area contributed by atoms with Gasteiger partial charge in [0.15, 0.2) is 0 Å². The number of nitrogens with zero attached hydrogens (tertiary/aromatic N) is 1. The van der Waals surface area contributed by atoms with Crippen molar-refractivity contribution in [3.8, 4) is 0 Å². The summed E-state index contributed by atoms with van der Waals surface area (Å²) in [4.78, 5) is 15.7. The molecule has 0 saturated carbocycles. The van der Waals surface area contributed by atoms with E-state index in [1.165, 1.54) is 0 Å². The van der Waals surface area contributed by atoms with E-state index in [9.17, 15) is 4.79 Å². The molecule has 16 heavy (non-hydrogen) atoms. The smallest absolute Gasteiger partial charge is 0.270 e. The van der Waals surface area contributed by atoms with Gasteiger partial charge in [0.1, 0.15) is 11.5 Å². The van der Waals surface area contributed by atoms with Gasteiger partial charge in [-0.1, -0.05) is 6.07 Å². The maximum atomic E-state index is 11.7. The number of aromatic nitrogens is 1. The Morgan fingerprint density at radius 2 is 2.25 bits per heavy atom. The van der Waals surface area contributed by atoms with Crippen LogP contribution in [-0.4, -0.2) is 10.9 Å². The SMILES string of the molecule is CC(NC(=O)c1ccccn1)c1ccco1. The Kier molecular flexibility index (Phi) is 3.00. The summed E-state index contributed by atoms with van der Waals surface area (Å²) in [6.07, 6.45) is 3.17. The van der Waals surface area contributed by atoms with E-state index in [4.69, 9.17) is 4.42 Å². The van der Waals surface area contributed by atoms with Crippen LogP contribution in [0.3, 0.4) is 0 Å². The molecule has 2 aromatic heterocycles. The van der Waals surface area contributed by atoms with E-state index in [0.29, 0.717) is 5.69 Å². The van der Waals surface area contributed by atoms with E-state index in [0.717, 1.165) is 5.76 Å². The average Bonchev–Trinajstić information content (AvgIpc) is 2.83. The summed E-state index contributed by atoms with van der Waals surface area (Å²) in [5, 5.41) is 2.80. The largest absolute Gasteiger partial charge is 0.467 e. The standard InChI is InChI=1S/C12H12N2O2/c1-9(11-6-4-8-16-11)14-12(15)10-5-2-3-7-13-10/h2-9H,1H3,(H,14,15). The quantitative estimate of drug-likeness (QED) is 0.855. The lowest BCUT2D eigenvalue weighted by atomic mass is 10.2. The third-order valence-corrected chi connectivity index (χ3v) is 2.22. The van der Waals surface area contributed by atoms with Crippen LogP contribution in [0.4, 0.5) is 0 Å². The number of amides is 1.